The summed E-state index contributed by atoms with van der Waals surface area (Å²) in [6.07, 6.45) is -2.94. The van der Waals surface area contributed by atoms with E-state index in [1.165, 1.54) is 13.2 Å². The highest BCUT2D eigenvalue weighted by molar-refractivity contribution is 6.29. The Balaban J connectivity index is 2.33. The van der Waals surface area contributed by atoms with E-state index in [0.29, 0.717) is 6.61 Å². The highest BCUT2D eigenvalue weighted by atomic mass is 35.5. The Labute approximate surface area is 148 Å². The number of hydrogen-bond donors (Lipinski definition) is 0. The standard InChI is InChI=1S/C16H19ClF3NO4/c1-23-10-21(15(22)8-17)13-7-11(16(18,19)20)4-5-14(13)25-9-12-3-2-6-24-12/h4-5,7,12H,2-3,6,8-10H2,1H3. The minimum Gasteiger partial charge on any atom is -0.489 e. The number of halogens is 4. The van der Waals surface area contributed by atoms with E-state index in [2.05, 4.69) is 0 Å². The third-order valence-corrected chi connectivity index (χ3v) is 3.93. The van der Waals surface area contributed by atoms with Crippen LogP contribution in [-0.2, 0) is 20.4 Å². The van der Waals surface area contributed by atoms with Crippen molar-refractivity contribution in [2.24, 2.45) is 0 Å². The number of hydrogen-bond acceptors (Lipinski definition) is 4. The van der Waals surface area contributed by atoms with Gasteiger partial charge in [-0.1, -0.05) is 0 Å². The topological polar surface area (TPSA) is 48.0 Å². The van der Waals surface area contributed by atoms with Crippen molar-refractivity contribution < 1.29 is 32.2 Å². The summed E-state index contributed by atoms with van der Waals surface area (Å²) in [6, 6.07) is 2.95. The van der Waals surface area contributed by atoms with E-state index in [9.17, 15) is 18.0 Å². The predicted molar refractivity (Wildman–Crippen MR) is 86.0 cm³/mol. The second kappa shape index (κ2) is 8.73. The molecule has 0 saturated carbocycles. The fourth-order valence-corrected chi connectivity index (χ4v) is 2.61. The molecule has 0 aromatic heterocycles. The van der Waals surface area contributed by atoms with Crippen LogP contribution in [-0.4, -0.2) is 44.9 Å². The maximum absolute atomic E-state index is 13.0. The number of carbonyl (C=O) groups excluding carboxylic acids is 1. The quantitative estimate of drug-likeness (QED) is 0.536. The van der Waals surface area contributed by atoms with Crippen molar-refractivity contribution >= 4 is 23.2 Å². The third-order valence-electron chi connectivity index (χ3n) is 3.70. The summed E-state index contributed by atoms with van der Waals surface area (Å²) in [6.45, 7) is 0.575. The van der Waals surface area contributed by atoms with Crippen LogP contribution in [0.3, 0.4) is 0 Å². The highest BCUT2D eigenvalue weighted by Crippen LogP contribution is 2.37. The Morgan fingerprint density at radius 2 is 2.20 bits per heavy atom. The first kappa shape index (κ1) is 19.8. The van der Waals surface area contributed by atoms with Gasteiger partial charge in [-0.3, -0.25) is 9.69 Å². The Morgan fingerprint density at radius 1 is 1.44 bits per heavy atom. The Hall–Kier alpha value is -1.51. The normalized spacial score (nSPS) is 17.6. The summed E-state index contributed by atoms with van der Waals surface area (Å²) in [5.41, 5.74) is -0.934. The molecular formula is C16H19ClF3NO4. The Kier molecular flexibility index (Phi) is 6.92. The maximum Gasteiger partial charge on any atom is 0.416 e. The average Bonchev–Trinajstić information content (AvgIpc) is 3.10. The van der Waals surface area contributed by atoms with Gasteiger partial charge in [0.2, 0.25) is 5.91 Å². The van der Waals surface area contributed by atoms with Gasteiger partial charge < -0.3 is 14.2 Å². The number of ether oxygens (including phenoxy) is 3. The van der Waals surface area contributed by atoms with Gasteiger partial charge in [0.25, 0.3) is 0 Å². The van der Waals surface area contributed by atoms with E-state index in [0.717, 1.165) is 29.9 Å². The van der Waals surface area contributed by atoms with Gasteiger partial charge in [0.05, 0.1) is 17.4 Å². The number of carbonyl (C=O) groups is 1. The monoisotopic (exact) mass is 381 g/mol. The summed E-state index contributed by atoms with van der Waals surface area (Å²) in [4.78, 5) is 13.0. The lowest BCUT2D eigenvalue weighted by Crippen LogP contribution is -2.34. The van der Waals surface area contributed by atoms with E-state index in [-0.39, 0.29) is 30.9 Å². The first-order chi connectivity index (χ1) is 11.9. The summed E-state index contributed by atoms with van der Waals surface area (Å²) in [5.74, 6) is -0.853. The van der Waals surface area contributed by atoms with E-state index < -0.39 is 23.5 Å². The molecule has 0 bridgehead atoms. The van der Waals surface area contributed by atoms with E-state index in [4.69, 9.17) is 25.8 Å². The molecule has 0 radical (unpaired) electrons. The average molecular weight is 382 g/mol. The van der Waals surface area contributed by atoms with Gasteiger partial charge in [-0.05, 0) is 31.0 Å². The minimum atomic E-state index is -4.55. The van der Waals surface area contributed by atoms with Gasteiger partial charge in [0.15, 0.2) is 0 Å². The molecule has 1 atom stereocenters. The lowest BCUT2D eigenvalue weighted by atomic mass is 10.1. The molecule has 1 fully saturated rings. The molecule has 1 amide bonds. The zero-order chi connectivity index (χ0) is 18.4. The number of benzene rings is 1. The van der Waals surface area contributed by atoms with Gasteiger partial charge >= 0.3 is 6.18 Å². The zero-order valence-corrected chi connectivity index (χ0v) is 14.4. The van der Waals surface area contributed by atoms with Crippen molar-refractivity contribution in [3.8, 4) is 5.75 Å². The lowest BCUT2D eigenvalue weighted by Gasteiger charge is -2.25. The van der Waals surface area contributed by atoms with Gasteiger partial charge in [-0.25, -0.2) is 0 Å². The second-order valence-electron chi connectivity index (χ2n) is 5.50. The van der Waals surface area contributed by atoms with Crippen LogP contribution in [0.25, 0.3) is 0 Å². The van der Waals surface area contributed by atoms with Crippen molar-refractivity contribution in [2.45, 2.75) is 25.1 Å². The number of alkyl halides is 4. The zero-order valence-electron chi connectivity index (χ0n) is 13.6. The van der Waals surface area contributed by atoms with Crippen molar-refractivity contribution in [1.82, 2.24) is 0 Å². The number of nitrogens with zero attached hydrogens (tertiary/aromatic N) is 1. The molecule has 2 rings (SSSR count). The molecule has 1 saturated heterocycles. The first-order valence-electron chi connectivity index (χ1n) is 7.67. The third kappa shape index (κ3) is 5.23. The molecule has 0 spiro atoms. The molecular weight excluding hydrogens is 363 g/mol. The second-order valence-corrected chi connectivity index (χ2v) is 5.77. The van der Waals surface area contributed by atoms with Crippen LogP contribution in [0.5, 0.6) is 5.75 Å². The SMILES string of the molecule is COCN(C(=O)CCl)c1cc(C(F)(F)F)ccc1OCC1CCCO1. The van der Waals surface area contributed by atoms with Crippen LogP contribution in [0.4, 0.5) is 18.9 Å². The first-order valence-corrected chi connectivity index (χ1v) is 8.21. The fraction of sp³-hybridized carbons (Fsp3) is 0.562. The number of amides is 1. The van der Waals surface area contributed by atoms with E-state index >= 15 is 0 Å². The molecule has 0 aliphatic carbocycles. The molecule has 1 aromatic carbocycles. The van der Waals surface area contributed by atoms with Gasteiger partial charge in [0.1, 0.15) is 25.0 Å². The summed E-state index contributed by atoms with van der Waals surface area (Å²) < 4.78 is 55.1. The number of methoxy groups -OCH3 is 1. The maximum atomic E-state index is 13.0. The molecule has 1 aliphatic heterocycles. The molecule has 1 aromatic rings. The Bertz CT molecular complexity index is 591. The molecule has 1 aliphatic rings. The van der Waals surface area contributed by atoms with Crippen molar-refractivity contribution in [3.63, 3.8) is 0 Å². The predicted octanol–water partition coefficient (Wildman–Crippen LogP) is 3.44. The van der Waals surface area contributed by atoms with Crippen LogP contribution in [0, 0.1) is 0 Å². The largest absolute Gasteiger partial charge is 0.489 e. The van der Waals surface area contributed by atoms with Crippen LogP contribution >= 0.6 is 11.6 Å². The van der Waals surface area contributed by atoms with Crippen molar-refractivity contribution in [2.75, 3.05) is 37.8 Å². The van der Waals surface area contributed by atoms with Gasteiger partial charge in [0, 0.05) is 13.7 Å². The van der Waals surface area contributed by atoms with Crippen LogP contribution in [0.1, 0.15) is 18.4 Å². The summed E-state index contributed by atoms with van der Waals surface area (Å²) in [7, 11) is 1.33. The minimum absolute atomic E-state index is 0.0414. The van der Waals surface area contributed by atoms with Crippen LogP contribution in [0.15, 0.2) is 18.2 Å². The van der Waals surface area contributed by atoms with Gasteiger partial charge in [-0.2, -0.15) is 13.2 Å². The molecule has 0 N–H and O–H groups in total. The molecule has 140 valence electrons. The van der Waals surface area contributed by atoms with Crippen LogP contribution in [0.2, 0.25) is 0 Å². The summed E-state index contributed by atoms with van der Waals surface area (Å²) >= 11 is 5.57. The Morgan fingerprint density at radius 3 is 2.76 bits per heavy atom. The number of rotatable bonds is 7. The molecule has 1 unspecified atom stereocenters. The van der Waals surface area contributed by atoms with Gasteiger partial charge in [-0.15, -0.1) is 11.6 Å². The summed E-state index contributed by atoms with van der Waals surface area (Å²) in [5, 5.41) is 0. The highest BCUT2D eigenvalue weighted by Gasteiger charge is 2.33. The fourth-order valence-electron chi connectivity index (χ4n) is 2.46. The molecule has 25 heavy (non-hydrogen) atoms. The van der Waals surface area contributed by atoms with E-state index in [1.54, 1.807) is 0 Å². The lowest BCUT2D eigenvalue weighted by molar-refractivity contribution is -0.137. The molecule has 5 nitrogen and oxygen atoms in total. The smallest absolute Gasteiger partial charge is 0.416 e. The van der Waals surface area contributed by atoms with Crippen molar-refractivity contribution in [3.05, 3.63) is 23.8 Å². The van der Waals surface area contributed by atoms with Crippen LogP contribution < -0.4 is 9.64 Å². The van der Waals surface area contributed by atoms with E-state index in [1.807, 2.05) is 0 Å². The van der Waals surface area contributed by atoms with Crippen molar-refractivity contribution in [1.29, 1.82) is 0 Å². The number of anilines is 1. The molecule has 1 heterocycles. The molecule has 9 heteroatoms.